The van der Waals surface area contributed by atoms with Crippen molar-refractivity contribution in [1.29, 1.82) is 0 Å². The van der Waals surface area contributed by atoms with Crippen molar-refractivity contribution >= 4 is 17.7 Å². The van der Waals surface area contributed by atoms with E-state index in [-0.39, 0.29) is 36.2 Å². The normalized spacial score (nSPS) is 22.2. The van der Waals surface area contributed by atoms with Gasteiger partial charge in [0, 0.05) is 37.2 Å². The number of benzene rings is 1. The summed E-state index contributed by atoms with van der Waals surface area (Å²) in [7, 11) is 0. The Hall–Kier alpha value is -2.25. The van der Waals surface area contributed by atoms with Crippen molar-refractivity contribution in [2.24, 2.45) is 5.73 Å². The standard InChI is InChI=1S/C19H26N4O3/c1-11(20)8-12(2)21-9-13-4-3-5-14-10-23(19(26)17(13)14)15-6-7-16(24)22-18(15)25/h3-5,11-12,15,21H,6-10,20H2,1-2H3,(H,22,24,25)/t11-,12-,15?/m1/s1. The van der Waals surface area contributed by atoms with E-state index in [0.717, 1.165) is 17.5 Å². The summed E-state index contributed by atoms with van der Waals surface area (Å²) >= 11 is 0. The minimum absolute atomic E-state index is 0.114. The van der Waals surface area contributed by atoms with Gasteiger partial charge in [0.25, 0.3) is 5.91 Å². The van der Waals surface area contributed by atoms with Gasteiger partial charge in [-0.15, -0.1) is 0 Å². The maximum atomic E-state index is 13.0. The molecule has 140 valence electrons. The highest BCUT2D eigenvalue weighted by molar-refractivity contribution is 6.05. The molecule has 2 aliphatic rings. The van der Waals surface area contributed by atoms with E-state index in [1.165, 1.54) is 0 Å². The van der Waals surface area contributed by atoms with Crippen molar-refractivity contribution < 1.29 is 14.4 Å². The lowest BCUT2D eigenvalue weighted by Crippen LogP contribution is -2.52. The molecule has 2 aliphatic heterocycles. The molecule has 1 aromatic carbocycles. The zero-order valence-corrected chi connectivity index (χ0v) is 15.2. The van der Waals surface area contributed by atoms with Gasteiger partial charge in [0.1, 0.15) is 6.04 Å². The van der Waals surface area contributed by atoms with E-state index in [1.54, 1.807) is 4.90 Å². The van der Waals surface area contributed by atoms with Crippen LogP contribution in [-0.4, -0.2) is 40.7 Å². The summed E-state index contributed by atoms with van der Waals surface area (Å²) in [5.74, 6) is -0.789. The number of piperidine rings is 1. The van der Waals surface area contributed by atoms with Gasteiger partial charge < -0.3 is 16.0 Å². The van der Waals surface area contributed by atoms with Crippen LogP contribution in [0, 0.1) is 0 Å². The fourth-order valence-corrected chi connectivity index (χ4v) is 3.76. The molecular weight excluding hydrogens is 332 g/mol. The van der Waals surface area contributed by atoms with Crippen molar-refractivity contribution in [3.8, 4) is 0 Å². The zero-order valence-electron chi connectivity index (χ0n) is 15.2. The highest BCUT2D eigenvalue weighted by atomic mass is 16.2. The highest BCUT2D eigenvalue weighted by Gasteiger charge is 2.39. The maximum absolute atomic E-state index is 13.0. The maximum Gasteiger partial charge on any atom is 0.255 e. The molecule has 0 aromatic heterocycles. The number of imide groups is 1. The lowest BCUT2D eigenvalue weighted by Gasteiger charge is -2.29. The van der Waals surface area contributed by atoms with Crippen molar-refractivity contribution in [3.63, 3.8) is 0 Å². The lowest BCUT2D eigenvalue weighted by atomic mass is 10.0. The molecule has 0 aliphatic carbocycles. The van der Waals surface area contributed by atoms with E-state index in [9.17, 15) is 14.4 Å². The number of nitrogens with zero attached hydrogens (tertiary/aromatic N) is 1. The Morgan fingerprint density at radius 1 is 1.31 bits per heavy atom. The number of carbonyl (C=O) groups excluding carboxylic acids is 3. The summed E-state index contributed by atoms with van der Waals surface area (Å²) in [4.78, 5) is 38.1. The topological polar surface area (TPSA) is 105 Å². The van der Waals surface area contributed by atoms with Crippen LogP contribution in [0.25, 0.3) is 0 Å². The summed E-state index contributed by atoms with van der Waals surface area (Å²) in [6.45, 7) is 5.03. The van der Waals surface area contributed by atoms with E-state index in [4.69, 9.17) is 5.73 Å². The van der Waals surface area contributed by atoms with E-state index in [1.807, 2.05) is 25.1 Å². The second-order valence-corrected chi connectivity index (χ2v) is 7.35. The molecule has 7 heteroatoms. The van der Waals surface area contributed by atoms with Crippen molar-refractivity contribution in [2.75, 3.05) is 0 Å². The van der Waals surface area contributed by atoms with Crippen LogP contribution in [0.1, 0.15) is 54.6 Å². The summed E-state index contributed by atoms with van der Waals surface area (Å²) in [6.07, 6.45) is 1.49. The Kier molecular flexibility index (Phi) is 5.38. The molecule has 1 saturated heterocycles. The molecule has 1 aromatic rings. The molecule has 0 saturated carbocycles. The summed E-state index contributed by atoms with van der Waals surface area (Å²) in [5.41, 5.74) is 8.37. The van der Waals surface area contributed by atoms with Crippen molar-refractivity contribution in [3.05, 3.63) is 34.9 Å². The number of amides is 3. The van der Waals surface area contributed by atoms with Crippen LogP contribution < -0.4 is 16.4 Å². The van der Waals surface area contributed by atoms with Gasteiger partial charge >= 0.3 is 0 Å². The largest absolute Gasteiger partial charge is 0.328 e. The first-order chi connectivity index (χ1) is 12.4. The van der Waals surface area contributed by atoms with Gasteiger partial charge in [-0.1, -0.05) is 18.2 Å². The fraction of sp³-hybridized carbons (Fsp3) is 0.526. The van der Waals surface area contributed by atoms with Gasteiger partial charge in [-0.2, -0.15) is 0 Å². The minimum Gasteiger partial charge on any atom is -0.328 e. The second kappa shape index (κ2) is 7.55. The number of nitrogens with one attached hydrogen (secondary N) is 2. The van der Waals surface area contributed by atoms with E-state index < -0.39 is 6.04 Å². The van der Waals surface area contributed by atoms with Crippen molar-refractivity contribution in [2.45, 2.75) is 64.3 Å². The van der Waals surface area contributed by atoms with Gasteiger partial charge in [0.2, 0.25) is 11.8 Å². The molecule has 0 spiro atoms. The Labute approximate surface area is 153 Å². The quantitative estimate of drug-likeness (QED) is 0.648. The molecule has 4 N–H and O–H groups in total. The van der Waals surface area contributed by atoms with Gasteiger partial charge in [-0.05, 0) is 37.8 Å². The third kappa shape index (κ3) is 3.78. The van der Waals surface area contributed by atoms with Gasteiger partial charge in [-0.25, -0.2) is 0 Å². The number of fused-ring (bicyclic) bond motifs is 1. The predicted octanol–water partition coefficient (Wildman–Crippen LogP) is 0.663. The molecule has 3 atom stereocenters. The molecule has 3 amide bonds. The molecule has 1 fully saturated rings. The second-order valence-electron chi connectivity index (χ2n) is 7.35. The SMILES string of the molecule is C[C@H](C[C@@H](C)N)NCc1cccc2c1C(=O)N(C1CCC(=O)NC1=O)C2. The molecule has 0 radical (unpaired) electrons. The minimum atomic E-state index is -0.578. The number of hydrogen-bond donors (Lipinski definition) is 3. The van der Waals surface area contributed by atoms with Crippen LogP contribution in [0.4, 0.5) is 0 Å². The van der Waals surface area contributed by atoms with Crippen LogP contribution in [-0.2, 0) is 22.7 Å². The van der Waals surface area contributed by atoms with Gasteiger partial charge in [0.05, 0.1) is 0 Å². The molecule has 0 bridgehead atoms. The third-order valence-corrected chi connectivity index (χ3v) is 5.01. The first kappa shape index (κ1) is 18.5. The number of hydrogen-bond acceptors (Lipinski definition) is 5. The average molecular weight is 358 g/mol. The highest BCUT2D eigenvalue weighted by Crippen LogP contribution is 2.29. The van der Waals surface area contributed by atoms with Crippen LogP contribution in [0.5, 0.6) is 0 Å². The summed E-state index contributed by atoms with van der Waals surface area (Å²) in [6, 6.07) is 5.58. The number of carbonyl (C=O) groups is 3. The Morgan fingerprint density at radius 3 is 2.77 bits per heavy atom. The molecule has 1 unspecified atom stereocenters. The molecular formula is C19H26N4O3. The first-order valence-electron chi connectivity index (χ1n) is 9.11. The van der Waals surface area contributed by atoms with E-state index in [0.29, 0.717) is 25.1 Å². The fourth-order valence-electron chi connectivity index (χ4n) is 3.76. The summed E-state index contributed by atoms with van der Waals surface area (Å²) in [5, 5.41) is 5.75. The van der Waals surface area contributed by atoms with Crippen LogP contribution in [0.3, 0.4) is 0 Å². The molecule has 2 heterocycles. The third-order valence-electron chi connectivity index (χ3n) is 5.01. The van der Waals surface area contributed by atoms with Crippen LogP contribution >= 0.6 is 0 Å². The Balaban J connectivity index is 1.74. The molecule has 7 nitrogen and oxygen atoms in total. The molecule has 3 rings (SSSR count). The Bertz CT molecular complexity index is 731. The predicted molar refractivity (Wildman–Crippen MR) is 97.1 cm³/mol. The monoisotopic (exact) mass is 358 g/mol. The number of rotatable bonds is 6. The average Bonchev–Trinajstić information content (AvgIpc) is 2.90. The lowest BCUT2D eigenvalue weighted by molar-refractivity contribution is -0.136. The first-order valence-corrected chi connectivity index (χ1v) is 9.11. The van der Waals surface area contributed by atoms with E-state index in [2.05, 4.69) is 17.6 Å². The smallest absolute Gasteiger partial charge is 0.255 e. The Morgan fingerprint density at radius 2 is 2.08 bits per heavy atom. The van der Waals surface area contributed by atoms with E-state index >= 15 is 0 Å². The van der Waals surface area contributed by atoms with Gasteiger partial charge in [0.15, 0.2) is 0 Å². The molecule has 26 heavy (non-hydrogen) atoms. The van der Waals surface area contributed by atoms with Crippen molar-refractivity contribution in [1.82, 2.24) is 15.5 Å². The summed E-state index contributed by atoms with van der Waals surface area (Å²) < 4.78 is 0. The van der Waals surface area contributed by atoms with Crippen LogP contribution in [0.2, 0.25) is 0 Å². The van der Waals surface area contributed by atoms with Gasteiger partial charge in [-0.3, -0.25) is 19.7 Å². The van der Waals surface area contributed by atoms with Crippen LogP contribution in [0.15, 0.2) is 18.2 Å². The zero-order chi connectivity index (χ0) is 18.8. The number of nitrogens with two attached hydrogens (primary N) is 1.